The van der Waals surface area contributed by atoms with Crippen molar-refractivity contribution in [1.82, 2.24) is 0 Å². The number of hydrogen-bond acceptors (Lipinski definition) is 2. The van der Waals surface area contributed by atoms with Gasteiger partial charge >= 0.3 is 0 Å². The molecule has 0 saturated heterocycles. The monoisotopic (exact) mass is 271 g/mol. The zero-order valence-electron chi connectivity index (χ0n) is 10.6. The largest absolute Gasteiger partial charge is 0.496 e. The summed E-state index contributed by atoms with van der Waals surface area (Å²) in [4.78, 5) is 0. The first-order chi connectivity index (χ1) is 9.24. The standard InChI is InChI=1S/C16H14ClNO/c1-19-16-8-3-2-7-15(16)13(11-18)9-12-5-4-6-14(17)10-12/h2-8,10,13H,9H2,1H3. The number of methoxy groups -OCH3 is 1. The molecule has 2 nitrogen and oxygen atoms in total. The Kier molecular flexibility index (Phi) is 4.43. The Balaban J connectivity index is 2.28. The van der Waals surface area contributed by atoms with Crippen molar-refractivity contribution in [2.24, 2.45) is 0 Å². The summed E-state index contributed by atoms with van der Waals surface area (Å²) in [5.74, 6) is 0.505. The topological polar surface area (TPSA) is 33.0 Å². The molecule has 0 heterocycles. The summed E-state index contributed by atoms with van der Waals surface area (Å²) in [6, 6.07) is 17.5. The third kappa shape index (κ3) is 3.27. The molecule has 2 aromatic carbocycles. The molecule has 96 valence electrons. The summed E-state index contributed by atoms with van der Waals surface area (Å²) in [5.41, 5.74) is 1.96. The highest BCUT2D eigenvalue weighted by atomic mass is 35.5. The number of hydrogen-bond donors (Lipinski definition) is 0. The number of halogens is 1. The summed E-state index contributed by atoms with van der Waals surface area (Å²) in [6.45, 7) is 0. The number of ether oxygens (including phenoxy) is 1. The van der Waals surface area contributed by atoms with Crippen molar-refractivity contribution in [3.8, 4) is 11.8 Å². The van der Waals surface area contributed by atoms with Gasteiger partial charge in [0.25, 0.3) is 0 Å². The molecule has 19 heavy (non-hydrogen) atoms. The Hall–Kier alpha value is -1.98. The van der Waals surface area contributed by atoms with Gasteiger partial charge in [-0.05, 0) is 30.2 Å². The molecule has 0 bridgehead atoms. The van der Waals surface area contributed by atoms with Crippen molar-refractivity contribution in [1.29, 1.82) is 5.26 Å². The third-order valence-corrected chi connectivity index (χ3v) is 3.23. The van der Waals surface area contributed by atoms with E-state index in [1.807, 2.05) is 48.5 Å². The second kappa shape index (κ2) is 6.26. The first-order valence-electron chi connectivity index (χ1n) is 6.01. The Morgan fingerprint density at radius 1 is 1.21 bits per heavy atom. The van der Waals surface area contributed by atoms with Gasteiger partial charge in [0.1, 0.15) is 5.75 Å². The minimum atomic E-state index is -0.241. The van der Waals surface area contributed by atoms with E-state index in [0.717, 1.165) is 16.9 Å². The molecule has 0 amide bonds. The molecule has 0 aliphatic rings. The Bertz CT molecular complexity index is 604. The van der Waals surface area contributed by atoms with Crippen molar-refractivity contribution in [3.63, 3.8) is 0 Å². The fourth-order valence-corrected chi connectivity index (χ4v) is 2.29. The van der Waals surface area contributed by atoms with Crippen molar-refractivity contribution in [2.45, 2.75) is 12.3 Å². The van der Waals surface area contributed by atoms with E-state index >= 15 is 0 Å². The number of nitriles is 1. The van der Waals surface area contributed by atoms with Gasteiger partial charge in [0, 0.05) is 10.6 Å². The Morgan fingerprint density at radius 3 is 2.68 bits per heavy atom. The summed E-state index contributed by atoms with van der Waals surface area (Å²) >= 11 is 5.97. The summed E-state index contributed by atoms with van der Waals surface area (Å²) in [5, 5.41) is 10.1. The minimum absolute atomic E-state index is 0.241. The molecule has 0 radical (unpaired) electrons. The van der Waals surface area contributed by atoms with Crippen LogP contribution in [0.1, 0.15) is 17.0 Å². The van der Waals surface area contributed by atoms with E-state index in [1.165, 1.54) is 0 Å². The van der Waals surface area contributed by atoms with Crippen molar-refractivity contribution < 1.29 is 4.74 Å². The normalized spacial score (nSPS) is 11.6. The van der Waals surface area contributed by atoms with E-state index < -0.39 is 0 Å². The van der Waals surface area contributed by atoms with E-state index in [2.05, 4.69) is 6.07 Å². The van der Waals surface area contributed by atoms with Crippen LogP contribution in [0.5, 0.6) is 5.75 Å². The van der Waals surface area contributed by atoms with Gasteiger partial charge in [-0.2, -0.15) is 5.26 Å². The third-order valence-electron chi connectivity index (χ3n) is 3.00. The molecule has 2 aromatic rings. The van der Waals surface area contributed by atoms with E-state index in [9.17, 15) is 5.26 Å². The van der Waals surface area contributed by atoms with Crippen LogP contribution in [0.2, 0.25) is 5.02 Å². The summed E-state index contributed by atoms with van der Waals surface area (Å²) in [7, 11) is 1.62. The van der Waals surface area contributed by atoms with Gasteiger partial charge in [0.2, 0.25) is 0 Å². The molecule has 1 unspecified atom stereocenters. The predicted molar refractivity (Wildman–Crippen MR) is 76.5 cm³/mol. The molecule has 0 aliphatic heterocycles. The number of nitrogens with zero attached hydrogens (tertiary/aromatic N) is 1. The van der Waals surface area contributed by atoms with Gasteiger partial charge in [-0.25, -0.2) is 0 Å². The lowest BCUT2D eigenvalue weighted by molar-refractivity contribution is 0.408. The molecule has 0 fully saturated rings. The van der Waals surface area contributed by atoms with Crippen LogP contribution in [0.4, 0.5) is 0 Å². The highest BCUT2D eigenvalue weighted by Crippen LogP contribution is 2.29. The second-order valence-electron chi connectivity index (χ2n) is 4.26. The smallest absolute Gasteiger partial charge is 0.123 e. The van der Waals surface area contributed by atoms with Gasteiger partial charge in [-0.3, -0.25) is 0 Å². The highest BCUT2D eigenvalue weighted by molar-refractivity contribution is 6.30. The first kappa shape index (κ1) is 13.5. The maximum atomic E-state index is 9.39. The lowest BCUT2D eigenvalue weighted by Crippen LogP contribution is -2.03. The van der Waals surface area contributed by atoms with Crippen LogP contribution in [0.15, 0.2) is 48.5 Å². The maximum absolute atomic E-state index is 9.39. The summed E-state index contributed by atoms with van der Waals surface area (Å²) in [6.07, 6.45) is 0.622. The molecule has 2 rings (SSSR count). The van der Waals surface area contributed by atoms with Gasteiger partial charge < -0.3 is 4.74 Å². The van der Waals surface area contributed by atoms with Crippen LogP contribution in [-0.4, -0.2) is 7.11 Å². The predicted octanol–water partition coefficient (Wildman–Crippen LogP) is 4.20. The zero-order chi connectivity index (χ0) is 13.7. The van der Waals surface area contributed by atoms with Crippen LogP contribution in [0.3, 0.4) is 0 Å². The number of benzene rings is 2. The number of rotatable bonds is 4. The fourth-order valence-electron chi connectivity index (χ4n) is 2.08. The molecule has 0 saturated carbocycles. The maximum Gasteiger partial charge on any atom is 0.123 e. The molecule has 0 spiro atoms. The van der Waals surface area contributed by atoms with E-state index in [4.69, 9.17) is 16.3 Å². The molecule has 0 aromatic heterocycles. The van der Waals surface area contributed by atoms with E-state index in [-0.39, 0.29) is 5.92 Å². The average molecular weight is 272 g/mol. The molecule has 3 heteroatoms. The van der Waals surface area contributed by atoms with Gasteiger partial charge in [0.05, 0.1) is 19.1 Å². The molecule has 0 aliphatic carbocycles. The van der Waals surface area contributed by atoms with E-state index in [0.29, 0.717) is 11.4 Å². The highest BCUT2D eigenvalue weighted by Gasteiger charge is 2.15. The molecule has 0 N–H and O–H groups in total. The van der Waals surface area contributed by atoms with Gasteiger partial charge in [0.15, 0.2) is 0 Å². The first-order valence-corrected chi connectivity index (χ1v) is 6.39. The minimum Gasteiger partial charge on any atom is -0.496 e. The molecular weight excluding hydrogens is 258 g/mol. The van der Waals surface area contributed by atoms with E-state index in [1.54, 1.807) is 7.11 Å². The SMILES string of the molecule is COc1ccccc1C(C#N)Cc1cccc(Cl)c1. The fraction of sp³-hybridized carbons (Fsp3) is 0.188. The zero-order valence-corrected chi connectivity index (χ0v) is 11.4. The van der Waals surface area contributed by atoms with Gasteiger partial charge in [-0.15, -0.1) is 0 Å². The average Bonchev–Trinajstić information content (AvgIpc) is 2.45. The lowest BCUT2D eigenvalue weighted by atomic mass is 9.92. The van der Waals surface area contributed by atoms with Crippen LogP contribution in [0, 0.1) is 11.3 Å². The quantitative estimate of drug-likeness (QED) is 0.835. The van der Waals surface area contributed by atoms with Crippen molar-refractivity contribution in [2.75, 3.05) is 7.11 Å². The number of para-hydroxylation sites is 1. The van der Waals surface area contributed by atoms with Crippen LogP contribution in [0.25, 0.3) is 0 Å². The van der Waals surface area contributed by atoms with Crippen LogP contribution >= 0.6 is 11.6 Å². The molecular formula is C16H14ClNO. The Labute approximate surface area is 118 Å². The van der Waals surface area contributed by atoms with Crippen LogP contribution < -0.4 is 4.74 Å². The van der Waals surface area contributed by atoms with Crippen molar-refractivity contribution in [3.05, 3.63) is 64.7 Å². The molecule has 1 atom stereocenters. The summed E-state index contributed by atoms with van der Waals surface area (Å²) < 4.78 is 5.31. The Morgan fingerprint density at radius 2 is 2.00 bits per heavy atom. The lowest BCUT2D eigenvalue weighted by Gasteiger charge is -2.13. The van der Waals surface area contributed by atoms with Gasteiger partial charge in [-0.1, -0.05) is 41.9 Å². The van der Waals surface area contributed by atoms with Crippen molar-refractivity contribution >= 4 is 11.6 Å². The second-order valence-corrected chi connectivity index (χ2v) is 4.69. The van der Waals surface area contributed by atoms with Crippen LogP contribution in [-0.2, 0) is 6.42 Å².